The average molecular weight is 502 g/mol. The lowest BCUT2D eigenvalue weighted by Crippen LogP contribution is -2.36. The highest BCUT2D eigenvalue weighted by Gasteiger charge is 2.02. The van der Waals surface area contributed by atoms with Crippen molar-refractivity contribution < 1.29 is 4.74 Å². The second-order valence-electron chi connectivity index (χ2n) is 6.54. The van der Waals surface area contributed by atoms with Gasteiger partial charge in [0.2, 0.25) is 5.88 Å². The van der Waals surface area contributed by atoms with Gasteiger partial charge in [-0.1, -0.05) is 60.2 Å². The molecular formula is C23H27IN4O. The number of nitrogens with one attached hydrogen (secondary N) is 2. The summed E-state index contributed by atoms with van der Waals surface area (Å²) in [6.45, 7) is 3.95. The van der Waals surface area contributed by atoms with Gasteiger partial charge in [-0.25, -0.2) is 4.98 Å². The molecule has 0 amide bonds. The number of hydrogen-bond donors (Lipinski definition) is 2. The van der Waals surface area contributed by atoms with Crippen LogP contribution in [0, 0.1) is 6.92 Å². The van der Waals surface area contributed by atoms with E-state index in [-0.39, 0.29) is 24.0 Å². The summed E-state index contributed by atoms with van der Waals surface area (Å²) in [5, 5.41) is 6.65. The molecule has 2 N–H and O–H groups in total. The first-order chi connectivity index (χ1) is 13.7. The van der Waals surface area contributed by atoms with E-state index < -0.39 is 0 Å². The Kier molecular flexibility index (Phi) is 9.43. The molecule has 0 unspecified atom stereocenters. The van der Waals surface area contributed by atoms with Crippen LogP contribution in [-0.4, -0.2) is 18.0 Å². The highest BCUT2D eigenvalue weighted by molar-refractivity contribution is 14.0. The lowest BCUT2D eigenvalue weighted by Gasteiger charge is -2.13. The molecule has 1 heterocycles. The maximum atomic E-state index is 5.80. The van der Waals surface area contributed by atoms with Crippen LogP contribution in [0.2, 0.25) is 0 Å². The molecule has 0 radical (unpaired) electrons. The van der Waals surface area contributed by atoms with Crippen LogP contribution in [0.4, 0.5) is 0 Å². The molecule has 3 aromatic rings. The lowest BCUT2D eigenvalue weighted by atomic mass is 10.1. The van der Waals surface area contributed by atoms with Gasteiger partial charge in [0.15, 0.2) is 5.96 Å². The number of rotatable bonds is 7. The number of halogens is 1. The zero-order valence-electron chi connectivity index (χ0n) is 16.8. The van der Waals surface area contributed by atoms with Crippen LogP contribution < -0.4 is 15.4 Å². The third-order valence-electron chi connectivity index (χ3n) is 4.29. The lowest BCUT2D eigenvalue weighted by molar-refractivity contribution is 0.293. The smallest absolute Gasteiger partial charge is 0.213 e. The predicted molar refractivity (Wildman–Crippen MR) is 129 cm³/mol. The van der Waals surface area contributed by atoms with E-state index >= 15 is 0 Å². The van der Waals surface area contributed by atoms with E-state index in [0.717, 1.165) is 23.6 Å². The van der Waals surface area contributed by atoms with Crippen molar-refractivity contribution in [2.75, 3.05) is 7.05 Å². The molecule has 0 spiro atoms. The minimum Gasteiger partial charge on any atom is -0.473 e. The number of nitrogens with zero attached hydrogens (tertiary/aromatic N) is 2. The number of aliphatic imine (C=N–C) groups is 1. The number of benzene rings is 2. The zero-order valence-corrected chi connectivity index (χ0v) is 19.1. The predicted octanol–water partition coefficient (Wildman–Crippen LogP) is 4.45. The van der Waals surface area contributed by atoms with Gasteiger partial charge in [-0.05, 0) is 29.7 Å². The highest BCUT2D eigenvalue weighted by Crippen LogP contribution is 2.12. The van der Waals surface area contributed by atoms with Crippen LogP contribution in [0.1, 0.15) is 22.3 Å². The maximum Gasteiger partial charge on any atom is 0.213 e. The van der Waals surface area contributed by atoms with Gasteiger partial charge < -0.3 is 15.4 Å². The Morgan fingerprint density at radius 1 is 0.897 bits per heavy atom. The molecule has 2 aromatic carbocycles. The highest BCUT2D eigenvalue weighted by atomic mass is 127. The molecular weight excluding hydrogens is 475 g/mol. The average Bonchev–Trinajstić information content (AvgIpc) is 2.75. The van der Waals surface area contributed by atoms with Gasteiger partial charge in [-0.3, -0.25) is 4.99 Å². The van der Waals surface area contributed by atoms with Gasteiger partial charge in [-0.15, -0.1) is 24.0 Å². The zero-order chi connectivity index (χ0) is 19.6. The van der Waals surface area contributed by atoms with Crippen molar-refractivity contribution in [3.05, 3.63) is 95.2 Å². The SMILES string of the molecule is CN=C(NCc1ccc(C)cc1)NCc1ccnc(OCc2ccccc2)c1.I. The fraction of sp³-hybridized carbons (Fsp3) is 0.217. The van der Waals surface area contributed by atoms with Crippen molar-refractivity contribution in [1.29, 1.82) is 0 Å². The molecule has 0 aliphatic rings. The summed E-state index contributed by atoms with van der Waals surface area (Å²) in [6.07, 6.45) is 1.76. The first kappa shape index (κ1) is 22.7. The minimum absolute atomic E-state index is 0. The fourth-order valence-electron chi connectivity index (χ4n) is 2.67. The van der Waals surface area contributed by atoms with E-state index in [1.807, 2.05) is 42.5 Å². The van der Waals surface area contributed by atoms with Gasteiger partial charge in [-0.2, -0.15) is 0 Å². The Labute approximate surface area is 189 Å². The molecule has 3 rings (SSSR count). The molecule has 152 valence electrons. The normalized spacial score (nSPS) is 10.8. The van der Waals surface area contributed by atoms with E-state index in [1.54, 1.807) is 13.2 Å². The molecule has 29 heavy (non-hydrogen) atoms. The van der Waals surface area contributed by atoms with Crippen molar-refractivity contribution in [1.82, 2.24) is 15.6 Å². The van der Waals surface area contributed by atoms with Gasteiger partial charge in [0, 0.05) is 32.4 Å². The molecule has 0 aliphatic heterocycles. The molecule has 1 aromatic heterocycles. The topological polar surface area (TPSA) is 58.5 Å². The van der Waals surface area contributed by atoms with Crippen LogP contribution >= 0.6 is 24.0 Å². The number of aromatic nitrogens is 1. The molecule has 0 atom stereocenters. The Balaban J connectivity index is 0.00000300. The molecule has 0 saturated heterocycles. The van der Waals surface area contributed by atoms with E-state index in [0.29, 0.717) is 19.0 Å². The Morgan fingerprint density at radius 3 is 2.28 bits per heavy atom. The summed E-state index contributed by atoms with van der Waals surface area (Å²) in [6, 6.07) is 22.5. The van der Waals surface area contributed by atoms with E-state index in [1.165, 1.54) is 11.1 Å². The molecule has 0 saturated carbocycles. The quantitative estimate of drug-likeness (QED) is 0.285. The van der Waals surface area contributed by atoms with Crippen LogP contribution in [0.25, 0.3) is 0 Å². The van der Waals surface area contributed by atoms with Crippen LogP contribution in [-0.2, 0) is 19.7 Å². The maximum absolute atomic E-state index is 5.80. The van der Waals surface area contributed by atoms with Gasteiger partial charge in [0.25, 0.3) is 0 Å². The molecule has 0 fully saturated rings. The van der Waals surface area contributed by atoms with E-state index in [2.05, 4.69) is 51.8 Å². The Morgan fingerprint density at radius 2 is 1.59 bits per heavy atom. The molecule has 0 bridgehead atoms. The fourth-order valence-corrected chi connectivity index (χ4v) is 2.67. The summed E-state index contributed by atoms with van der Waals surface area (Å²) < 4.78 is 5.80. The first-order valence-corrected chi connectivity index (χ1v) is 9.34. The third-order valence-corrected chi connectivity index (χ3v) is 4.29. The van der Waals surface area contributed by atoms with E-state index in [9.17, 15) is 0 Å². The monoisotopic (exact) mass is 502 g/mol. The Hall–Kier alpha value is -2.61. The van der Waals surface area contributed by atoms with Gasteiger partial charge >= 0.3 is 0 Å². The summed E-state index contributed by atoms with van der Waals surface area (Å²) in [4.78, 5) is 8.57. The molecule has 6 heteroatoms. The van der Waals surface area contributed by atoms with E-state index in [4.69, 9.17) is 4.74 Å². The van der Waals surface area contributed by atoms with Gasteiger partial charge in [0.1, 0.15) is 6.61 Å². The summed E-state index contributed by atoms with van der Waals surface area (Å²) >= 11 is 0. The second-order valence-corrected chi connectivity index (χ2v) is 6.54. The summed E-state index contributed by atoms with van der Waals surface area (Å²) in [5.74, 6) is 1.37. The number of aryl methyl sites for hydroxylation is 1. The molecule has 0 aliphatic carbocycles. The van der Waals surface area contributed by atoms with Crippen LogP contribution in [0.15, 0.2) is 77.9 Å². The summed E-state index contributed by atoms with van der Waals surface area (Å²) in [7, 11) is 1.77. The Bertz CT molecular complexity index is 898. The number of hydrogen-bond acceptors (Lipinski definition) is 3. The van der Waals surface area contributed by atoms with Crippen LogP contribution in [0.3, 0.4) is 0 Å². The van der Waals surface area contributed by atoms with Crippen molar-refractivity contribution in [2.24, 2.45) is 4.99 Å². The van der Waals surface area contributed by atoms with Crippen LogP contribution in [0.5, 0.6) is 5.88 Å². The van der Waals surface area contributed by atoms with Crippen molar-refractivity contribution >= 4 is 29.9 Å². The van der Waals surface area contributed by atoms with Crippen molar-refractivity contribution in [3.63, 3.8) is 0 Å². The van der Waals surface area contributed by atoms with Crippen molar-refractivity contribution in [3.8, 4) is 5.88 Å². The number of ether oxygens (including phenoxy) is 1. The number of pyridine rings is 1. The standard InChI is InChI=1S/C23H26N4O.HI/c1-18-8-10-19(11-9-18)15-26-23(24-2)27-16-21-12-13-25-22(14-21)28-17-20-6-4-3-5-7-20;/h3-14H,15-17H2,1-2H3,(H2,24,26,27);1H. The second kappa shape index (κ2) is 12.1. The van der Waals surface area contributed by atoms with Crippen molar-refractivity contribution in [2.45, 2.75) is 26.6 Å². The minimum atomic E-state index is 0. The summed E-state index contributed by atoms with van der Waals surface area (Å²) in [5.41, 5.74) is 4.67. The molecule has 5 nitrogen and oxygen atoms in total. The van der Waals surface area contributed by atoms with Gasteiger partial charge in [0.05, 0.1) is 0 Å². The number of guanidine groups is 1. The first-order valence-electron chi connectivity index (χ1n) is 9.34. The largest absolute Gasteiger partial charge is 0.473 e. The third kappa shape index (κ3) is 7.73.